The van der Waals surface area contributed by atoms with Gasteiger partial charge in [-0.05, 0) is 54.3 Å². The van der Waals surface area contributed by atoms with E-state index in [-0.39, 0.29) is 6.61 Å². The van der Waals surface area contributed by atoms with Crippen LogP contribution in [0.25, 0.3) is 5.57 Å². The minimum absolute atomic E-state index is 0.271. The van der Waals surface area contributed by atoms with Crippen LogP contribution in [-0.2, 0) is 10.9 Å². The van der Waals surface area contributed by atoms with Crippen LogP contribution >= 0.6 is 11.6 Å². The molecule has 4 nitrogen and oxygen atoms in total. The van der Waals surface area contributed by atoms with Gasteiger partial charge in [0.25, 0.3) is 0 Å². The van der Waals surface area contributed by atoms with E-state index in [1.165, 1.54) is 17.0 Å². The summed E-state index contributed by atoms with van der Waals surface area (Å²) in [6.07, 6.45) is -1.91. The number of carbonyl (C=O) groups excluding carboxylic acids is 1. The smallest absolute Gasteiger partial charge is 0.416 e. The highest BCUT2D eigenvalue weighted by molar-refractivity contribution is 6.30. The number of rotatable bonds is 4. The number of halogens is 4. The molecule has 1 unspecified atom stereocenters. The van der Waals surface area contributed by atoms with Crippen LogP contribution in [0.2, 0.25) is 5.02 Å². The Morgan fingerprint density at radius 1 is 1.23 bits per heavy atom. The van der Waals surface area contributed by atoms with Gasteiger partial charge in [-0.15, -0.1) is 0 Å². The van der Waals surface area contributed by atoms with Crippen molar-refractivity contribution in [2.45, 2.75) is 32.0 Å². The number of alkyl halides is 3. The second kappa shape index (κ2) is 9.00. The summed E-state index contributed by atoms with van der Waals surface area (Å²) >= 11 is 6.11. The molecule has 1 aliphatic heterocycles. The van der Waals surface area contributed by atoms with Gasteiger partial charge in [0.15, 0.2) is 0 Å². The summed E-state index contributed by atoms with van der Waals surface area (Å²) in [5.41, 5.74) is 8.07. The molecule has 2 aromatic rings. The van der Waals surface area contributed by atoms with Crippen LogP contribution in [0.1, 0.15) is 42.5 Å². The van der Waals surface area contributed by atoms with Gasteiger partial charge in [0.2, 0.25) is 0 Å². The molecular weight excluding hydrogens is 417 g/mol. The van der Waals surface area contributed by atoms with Crippen molar-refractivity contribution in [3.05, 3.63) is 70.3 Å². The summed E-state index contributed by atoms with van der Waals surface area (Å²) in [5, 5.41) is 0.524. The van der Waals surface area contributed by atoms with Gasteiger partial charge < -0.3 is 10.5 Å². The molecule has 0 radical (unpaired) electrons. The predicted octanol–water partition coefficient (Wildman–Crippen LogP) is 6.32. The van der Waals surface area contributed by atoms with Crippen molar-refractivity contribution in [3.63, 3.8) is 0 Å². The second-order valence-electron chi connectivity index (χ2n) is 7.05. The van der Waals surface area contributed by atoms with E-state index in [9.17, 15) is 18.0 Å². The van der Waals surface area contributed by atoms with Crippen LogP contribution in [0.5, 0.6) is 0 Å². The number of hydrogen-bond acceptors (Lipinski definition) is 3. The van der Waals surface area contributed by atoms with Gasteiger partial charge >= 0.3 is 12.3 Å². The molecule has 2 N–H and O–H groups in total. The number of benzene rings is 2. The summed E-state index contributed by atoms with van der Waals surface area (Å²) in [5.74, 6) is 0. The highest BCUT2D eigenvalue weighted by Crippen LogP contribution is 2.38. The Morgan fingerprint density at radius 3 is 2.57 bits per heavy atom. The maximum atomic E-state index is 12.9. The largest absolute Gasteiger partial charge is 0.449 e. The molecule has 0 aromatic heterocycles. The number of anilines is 1. The zero-order valence-electron chi connectivity index (χ0n) is 16.4. The van der Waals surface area contributed by atoms with E-state index >= 15 is 0 Å². The van der Waals surface area contributed by atoms with E-state index in [2.05, 4.69) is 0 Å². The first-order chi connectivity index (χ1) is 14.2. The fourth-order valence-corrected chi connectivity index (χ4v) is 3.57. The molecule has 0 spiro atoms. The SMILES string of the molecule is CCCOC(=O)N1CCC(c2cc(Cl)ccc2N)=CC1c1ccc(C(F)(F)F)cc1. The van der Waals surface area contributed by atoms with E-state index in [1.807, 2.05) is 13.0 Å². The summed E-state index contributed by atoms with van der Waals surface area (Å²) in [6, 6.07) is 9.35. The minimum atomic E-state index is -4.43. The third-order valence-electron chi connectivity index (χ3n) is 4.92. The number of ether oxygens (including phenoxy) is 1. The molecule has 2 aromatic carbocycles. The van der Waals surface area contributed by atoms with E-state index < -0.39 is 23.9 Å². The lowest BCUT2D eigenvalue weighted by molar-refractivity contribution is -0.137. The summed E-state index contributed by atoms with van der Waals surface area (Å²) in [7, 11) is 0. The number of nitrogens with zero attached hydrogens (tertiary/aromatic N) is 1. The Bertz CT molecular complexity index is 942. The highest BCUT2D eigenvalue weighted by atomic mass is 35.5. The van der Waals surface area contributed by atoms with Crippen LogP contribution in [-0.4, -0.2) is 24.1 Å². The molecule has 0 aliphatic carbocycles. The molecule has 0 saturated carbocycles. The molecule has 0 bridgehead atoms. The Labute approximate surface area is 178 Å². The van der Waals surface area contributed by atoms with Crippen LogP contribution < -0.4 is 5.73 Å². The van der Waals surface area contributed by atoms with Crippen molar-refractivity contribution in [3.8, 4) is 0 Å². The van der Waals surface area contributed by atoms with E-state index in [4.69, 9.17) is 22.1 Å². The standard InChI is InChI=1S/C22H22ClF3N2O2/c1-2-11-30-21(29)28-10-9-15(18-13-17(23)7-8-19(18)27)12-20(28)14-3-5-16(6-4-14)22(24,25)26/h3-8,12-13,20H,2,9-11,27H2,1H3. The van der Waals surface area contributed by atoms with Gasteiger partial charge in [0.05, 0.1) is 18.2 Å². The lowest BCUT2D eigenvalue weighted by Gasteiger charge is -2.34. The van der Waals surface area contributed by atoms with Gasteiger partial charge in [-0.3, -0.25) is 4.90 Å². The third-order valence-corrected chi connectivity index (χ3v) is 5.16. The molecule has 8 heteroatoms. The average Bonchev–Trinajstić information content (AvgIpc) is 2.73. The van der Waals surface area contributed by atoms with Crippen molar-refractivity contribution in [1.82, 2.24) is 4.90 Å². The number of nitrogens with two attached hydrogens (primary N) is 1. The highest BCUT2D eigenvalue weighted by Gasteiger charge is 2.32. The Kier molecular flexibility index (Phi) is 6.61. The van der Waals surface area contributed by atoms with Crippen LogP contribution in [0.15, 0.2) is 48.5 Å². The number of nitrogen functional groups attached to an aromatic ring is 1. The summed E-state index contributed by atoms with van der Waals surface area (Å²) in [4.78, 5) is 14.1. The first-order valence-electron chi connectivity index (χ1n) is 9.57. The quantitative estimate of drug-likeness (QED) is 0.568. The fraction of sp³-hybridized carbons (Fsp3) is 0.318. The number of hydrogen-bond donors (Lipinski definition) is 1. The topological polar surface area (TPSA) is 55.6 Å². The Hall–Kier alpha value is -2.67. The van der Waals surface area contributed by atoms with Crippen molar-refractivity contribution in [2.24, 2.45) is 0 Å². The second-order valence-corrected chi connectivity index (χ2v) is 7.48. The molecule has 160 valence electrons. The van der Waals surface area contributed by atoms with E-state index in [0.717, 1.165) is 23.3 Å². The zero-order chi connectivity index (χ0) is 21.9. The third kappa shape index (κ3) is 4.90. The lowest BCUT2D eigenvalue weighted by atomic mass is 9.91. The first kappa shape index (κ1) is 22.0. The van der Waals surface area contributed by atoms with E-state index in [1.54, 1.807) is 18.2 Å². The maximum Gasteiger partial charge on any atom is 0.416 e. The lowest BCUT2D eigenvalue weighted by Crippen LogP contribution is -2.38. The van der Waals surface area contributed by atoms with Crippen molar-refractivity contribution < 1.29 is 22.7 Å². The fourth-order valence-electron chi connectivity index (χ4n) is 3.40. The predicted molar refractivity (Wildman–Crippen MR) is 111 cm³/mol. The monoisotopic (exact) mass is 438 g/mol. The molecule has 0 fully saturated rings. The molecule has 3 rings (SSSR count). The molecule has 1 atom stereocenters. The summed E-state index contributed by atoms with van der Waals surface area (Å²) < 4.78 is 44.1. The normalized spacial score (nSPS) is 16.9. The van der Waals surface area contributed by atoms with Crippen molar-refractivity contribution in [2.75, 3.05) is 18.9 Å². The van der Waals surface area contributed by atoms with Crippen molar-refractivity contribution >= 4 is 29.0 Å². The van der Waals surface area contributed by atoms with Gasteiger partial charge in [-0.1, -0.05) is 36.7 Å². The summed E-state index contributed by atoms with van der Waals surface area (Å²) in [6.45, 7) is 2.50. The average molecular weight is 439 g/mol. The molecule has 1 heterocycles. The zero-order valence-corrected chi connectivity index (χ0v) is 17.1. The maximum absolute atomic E-state index is 12.9. The molecule has 0 saturated heterocycles. The van der Waals surface area contributed by atoms with Gasteiger partial charge in [0, 0.05) is 22.8 Å². The van der Waals surface area contributed by atoms with Gasteiger partial charge in [0.1, 0.15) is 0 Å². The molecule has 1 aliphatic rings. The number of carbonyl (C=O) groups is 1. The molecular formula is C22H22ClF3N2O2. The van der Waals surface area contributed by atoms with E-state index in [0.29, 0.717) is 35.7 Å². The van der Waals surface area contributed by atoms with Gasteiger partial charge in [-0.25, -0.2) is 4.79 Å². The van der Waals surface area contributed by atoms with Crippen LogP contribution in [0, 0.1) is 0 Å². The number of amides is 1. The Morgan fingerprint density at radius 2 is 1.93 bits per heavy atom. The molecule has 30 heavy (non-hydrogen) atoms. The van der Waals surface area contributed by atoms with Crippen LogP contribution in [0.3, 0.4) is 0 Å². The minimum Gasteiger partial charge on any atom is -0.449 e. The van der Waals surface area contributed by atoms with Crippen molar-refractivity contribution in [1.29, 1.82) is 0 Å². The van der Waals surface area contributed by atoms with Crippen LogP contribution in [0.4, 0.5) is 23.7 Å². The molecule has 1 amide bonds. The first-order valence-corrected chi connectivity index (χ1v) is 9.95. The Balaban J connectivity index is 2.00. The van der Waals surface area contributed by atoms with Gasteiger partial charge in [-0.2, -0.15) is 13.2 Å².